The SMILES string of the molecule is COc1ccccc1.Cc1cn2ncccc2n1. The summed E-state index contributed by atoms with van der Waals surface area (Å²) in [5, 5.41) is 4.06. The van der Waals surface area contributed by atoms with Crippen LogP contribution >= 0.6 is 0 Å². The molecule has 3 aromatic rings. The fourth-order valence-electron chi connectivity index (χ4n) is 1.51. The van der Waals surface area contributed by atoms with Gasteiger partial charge < -0.3 is 4.74 Å². The fraction of sp³-hybridized carbons (Fsp3) is 0.143. The summed E-state index contributed by atoms with van der Waals surface area (Å²) in [6.45, 7) is 1.95. The first-order chi connectivity index (χ1) is 8.79. The number of benzene rings is 1. The molecule has 2 heterocycles. The molecule has 0 fully saturated rings. The van der Waals surface area contributed by atoms with Crippen molar-refractivity contribution in [1.82, 2.24) is 14.6 Å². The van der Waals surface area contributed by atoms with Gasteiger partial charge in [-0.05, 0) is 31.2 Å². The molecule has 92 valence electrons. The molecule has 0 spiro atoms. The van der Waals surface area contributed by atoms with E-state index < -0.39 is 0 Å². The van der Waals surface area contributed by atoms with Gasteiger partial charge in [0.1, 0.15) is 5.75 Å². The van der Waals surface area contributed by atoms with E-state index in [1.807, 2.05) is 55.6 Å². The number of rotatable bonds is 1. The summed E-state index contributed by atoms with van der Waals surface area (Å²) in [5.41, 5.74) is 1.90. The Balaban J connectivity index is 0.000000138. The molecule has 0 aliphatic heterocycles. The Hall–Kier alpha value is -2.36. The van der Waals surface area contributed by atoms with Crippen molar-refractivity contribution >= 4 is 5.65 Å². The molecule has 4 heteroatoms. The van der Waals surface area contributed by atoms with Crippen LogP contribution in [0.25, 0.3) is 5.65 Å². The number of methoxy groups -OCH3 is 1. The summed E-state index contributed by atoms with van der Waals surface area (Å²) in [6.07, 6.45) is 3.64. The van der Waals surface area contributed by atoms with Crippen molar-refractivity contribution in [3.63, 3.8) is 0 Å². The summed E-state index contributed by atoms with van der Waals surface area (Å²) in [7, 11) is 1.66. The summed E-state index contributed by atoms with van der Waals surface area (Å²) >= 11 is 0. The summed E-state index contributed by atoms with van der Waals surface area (Å²) < 4.78 is 6.67. The largest absolute Gasteiger partial charge is 0.497 e. The van der Waals surface area contributed by atoms with E-state index in [9.17, 15) is 0 Å². The third-order valence-corrected chi connectivity index (χ3v) is 2.34. The molecule has 2 aromatic heterocycles. The van der Waals surface area contributed by atoms with E-state index in [4.69, 9.17) is 4.74 Å². The second-order valence-electron chi connectivity index (χ2n) is 3.73. The van der Waals surface area contributed by atoms with Gasteiger partial charge in [0.15, 0.2) is 5.65 Å². The predicted octanol–water partition coefficient (Wildman–Crippen LogP) is 2.73. The van der Waals surface area contributed by atoms with E-state index in [1.54, 1.807) is 17.8 Å². The van der Waals surface area contributed by atoms with Crippen molar-refractivity contribution in [2.75, 3.05) is 7.11 Å². The number of imidazole rings is 1. The first-order valence-electron chi connectivity index (χ1n) is 5.65. The van der Waals surface area contributed by atoms with E-state index in [-0.39, 0.29) is 0 Å². The van der Waals surface area contributed by atoms with Crippen LogP contribution in [0.15, 0.2) is 54.9 Å². The third kappa shape index (κ3) is 3.07. The van der Waals surface area contributed by atoms with E-state index in [2.05, 4.69) is 10.1 Å². The second-order valence-corrected chi connectivity index (χ2v) is 3.73. The molecule has 3 rings (SSSR count). The van der Waals surface area contributed by atoms with Crippen LogP contribution in [0.1, 0.15) is 5.69 Å². The number of para-hydroxylation sites is 1. The highest BCUT2D eigenvalue weighted by Gasteiger charge is 1.93. The Bertz CT molecular complexity index is 572. The molecule has 0 saturated heterocycles. The highest BCUT2D eigenvalue weighted by Crippen LogP contribution is 2.05. The minimum absolute atomic E-state index is 0.903. The van der Waals surface area contributed by atoms with Gasteiger partial charge in [-0.15, -0.1) is 0 Å². The van der Waals surface area contributed by atoms with E-state index in [0.717, 1.165) is 17.1 Å². The first kappa shape index (κ1) is 12.1. The molecule has 4 nitrogen and oxygen atoms in total. The lowest BCUT2D eigenvalue weighted by Gasteiger charge is -1.93. The molecule has 0 unspecified atom stereocenters. The van der Waals surface area contributed by atoms with Gasteiger partial charge in [-0.1, -0.05) is 18.2 Å². The standard InChI is InChI=1S/C7H7N3.C7H8O/c1-6-5-10-7(9-6)3-2-4-8-10;1-8-7-5-3-2-4-6-7/h2-5H,1H3;2-6H,1H3. The third-order valence-electron chi connectivity index (χ3n) is 2.34. The van der Waals surface area contributed by atoms with Crippen molar-refractivity contribution < 1.29 is 4.74 Å². The average Bonchev–Trinajstić information content (AvgIpc) is 2.80. The van der Waals surface area contributed by atoms with Crippen LogP contribution < -0.4 is 4.74 Å². The molecule has 0 aliphatic carbocycles. The van der Waals surface area contributed by atoms with Crippen molar-refractivity contribution in [3.8, 4) is 5.75 Å². The quantitative estimate of drug-likeness (QED) is 0.657. The zero-order chi connectivity index (χ0) is 12.8. The molecule has 0 N–H and O–H groups in total. The second kappa shape index (κ2) is 5.82. The molecule has 18 heavy (non-hydrogen) atoms. The van der Waals surface area contributed by atoms with Crippen molar-refractivity contribution in [1.29, 1.82) is 0 Å². The van der Waals surface area contributed by atoms with Gasteiger partial charge in [-0.25, -0.2) is 9.50 Å². The Labute approximate surface area is 106 Å². The van der Waals surface area contributed by atoms with Gasteiger partial charge in [0.2, 0.25) is 0 Å². The monoisotopic (exact) mass is 241 g/mol. The Morgan fingerprint density at radius 2 is 1.83 bits per heavy atom. The molecule has 1 aromatic carbocycles. The van der Waals surface area contributed by atoms with Crippen LogP contribution in [-0.2, 0) is 0 Å². The number of fused-ring (bicyclic) bond motifs is 1. The molecule has 0 bridgehead atoms. The van der Waals surface area contributed by atoms with Gasteiger partial charge in [-0.2, -0.15) is 5.10 Å². The molecular weight excluding hydrogens is 226 g/mol. The highest BCUT2D eigenvalue weighted by molar-refractivity contribution is 5.36. The van der Waals surface area contributed by atoms with Crippen LogP contribution in [0.4, 0.5) is 0 Å². The number of nitrogens with zero attached hydrogens (tertiary/aromatic N) is 3. The van der Waals surface area contributed by atoms with Crippen molar-refractivity contribution in [2.45, 2.75) is 6.92 Å². The van der Waals surface area contributed by atoms with Gasteiger partial charge in [0.25, 0.3) is 0 Å². The van der Waals surface area contributed by atoms with E-state index >= 15 is 0 Å². The Kier molecular flexibility index (Phi) is 3.91. The van der Waals surface area contributed by atoms with Gasteiger partial charge in [-0.3, -0.25) is 0 Å². The van der Waals surface area contributed by atoms with Crippen LogP contribution in [0.3, 0.4) is 0 Å². The maximum atomic E-state index is 4.91. The van der Waals surface area contributed by atoms with Crippen LogP contribution in [0.2, 0.25) is 0 Å². The summed E-state index contributed by atoms with van der Waals surface area (Å²) in [5.74, 6) is 0.910. The topological polar surface area (TPSA) is 39.4 Å². The lowest BCUT2D eigenvalue weighted by Crippen LogP contribution is -1.85. The van der Waals surface area contributed by atoms with Crippen LogP contribution in [0.5, 0.6) is 5.75 Å². The number of aryl methyl sites for hydroxylation is 1. The predicted molar refractivity (Wildman–Crippen MR) is 70.7 cm³/mol. The van der Waals surface area contributed by atoms with E-state index in [0.29, 0.717) is 0 Å². The number of hydrogen-bond donors (Lipinski definition) is 0. The fourth-order valence-corrected chi connectivity index (χ4v) is 1.51. The molecule has 0 radical (unpaired) electrons. The van der Waals surface area contributed by atoms with Crippen molar-refractivity contribution in [3.05, 3.63) is 60.6 Å². The maximum Gasteiger partial charge on any atom is 0.153 e. The molecule has 0 atom stereocenters. The Morgan fingerprint density at radius 3 is 2.44 bits per heavy atom. The minimum Gasteiger partial charge on any atom is -0.497 e. The maximum absolute atomic E-state index is 4.91. The number of aromatic nitrogens is 3. The molecule has 0 amide bonds. The van der Waals surface area contributed by atoms with Gasteiger partial charge in [0.05, 0.1) is 19.0 Å². The Morgan fingerprint density at radius 1 is 1.06 bits per heavy atom. The lowest BCUT2D eigenvalue weighted by atomic mass is 10.3. The van der Waals surface area contributed by atoms with Crippen LogP contribution in [0, 0.1) is 6.92 Å². The van der Waals surface area contributed by atoms with Gasteiger partial charge in [0, 0.05) is 6.20 Å². The zero-order valence-corrected chi connectivity index (χ0v) is 10.4. The van der Waals surface area contributed by atoms with Gasteiger partial charge >= 0.3 is 0 Å². The van der Waals surface area contributed by atoms with Crippen LogP contribution in [-0.4, -0.2) is 21.7 Å². The van der Waals surface area contributed by atoms with E-state index in [1.165, 1.54) is 0 Å². The zero-order valence-electron chi connectivity index (χ0n) is 10.4. The summed E-state index contributed by atoms with van der Waals surface area (Å²) in [4.78, 5) is 4.21. The minimum atomic E-state index is 0.903. The normalized spacial score (nSPS) is 9.67. The average molecular weight is 241 g/mol. The van der Waals surface area contributed by atoms with Crippen molar-refractivity contribution in [2.24, 2.45) is 0 Å². The molecule has 0 saturated carbocycles. The molecule has 0 aliphatic rings. The first-order valence-corrected chi connectivity index (χ1v) is 5.65. The smallest absolute Gasteiger partial charge is 0.153 e. The number of hydrogen-bond acceptors (Lipinski definition) is 3. The molecular formula is C14H15N3O. The number of ether oxygens (including phenoxy) is 1. The lowest BCUT2D eigenvalue weighted by molar-refractivity contribution is 0.415. The summed E-state index contributed by atoms with van der Waals surface area (Å²) in [6, 6.07) is 13.5. The highest BCUT2D eigenvalue weighted by atomic mass is 16.5.